The quantitative estimate of drug-likeness (QED) is 0.709. The van der Waals surface area contributed by atoms with Crippen molar-refractivity contribution in [1.82, 2.24) is 14.5 Å². The van der Waals surface area contributed by atoms with Gasteiger partial charge in [0.25, 0.3) is 0 Å². The SMILES string of the molecule is N#Cc1cccn1-c1cnc(N)cn1. The summed E-state index contributed by atoms with van der Waals surface area (Å²) in [5.41, 5.74) is 5.92. The average molecular weight is 185 g/mol. The number of nitrogen functional groups attached to an aromatic ring is 1. The molecule has 2 heterocycles. The Morgan fingerprint density at radius 3 is 2.86 bits per heavy atom. The van der Waals surface area contributed by atoms with Gasteiger partial charge in [0.15, 0.2) is 5.82 Å². The molecule has 2 aromatic rings. The number of hydrogen-bond donors (Lipinski definition) is 1. The lowest BCUT2D eigenvalue weighted by Gasteiger charge is -2.02. The van der Waals surface area contributed by atoms with E-state index in [-0.39, 0.29) is 0 Å². The smallest absolute Gasteiger partial charge is 0.156 e. The average Bonchev–Trinajstić information content (AvgIpc) is 2.67. The highest BCUT2D eigenvalue weighted by Crippen LogP contribution is 2.08. The minimum absolute atomic E-state index is 0.361. The number of hydrogen-bond acceptors (Lipinski definition) is 4. The van der Waals surface area contributed by atoms with Gasteiger partial charge in [-0.1, -0.05) is 0 Å². The van der Waals surface area contributed by atoms with Crippen molar-refractivity contribution in [1.29, 1.82) is 5.26 Å². The van der Waals surface area contributed by atoms with Gasteiger partial charge in [-0.05, 0) is 12.1 Å². The summed E-state index contributed by atoms with van der Waals surface area (Å²) in [7, 11) is 0. The fraction of sp³-hybridized carbons (Fsp3) is 0. The molecule has 0 aliphatic heterocycles. The van der Waals surface area contributed by atoms with E-state index in [1.165, 1.54) is 12.4 Å². The van der Waals surface area contributed by atoms with Crippen molar-refractivity contribution in [2.24, 2.45) is 0 Å². The number of nitrogens with zero attached hydrogens (tertiary/aromatic N) is 4. The van der Waals surface area contributed by atoms with Crippen LogP contribution in [-0.4, -0.2) is 14.5 Å². The third-order valence-corrected chi connectivity index (χ3v) is 1.77. The van der Waals surface area contributed by atoms with Gasteiger partial charge in [-0.2, -0.15) is 5.26 Å². The Balaban J connectivity index is 2.50. The zero-order chi connectivity index (χ0) is 9.97. The monoisotopic (exact) mass is 185 g/mol. The predicted molar refractivity (Wildman–Crippen MR) is 50.5 cm³/mol. The summed E-state index contributed by atoms with van der Waals surface area (Å²) in [6, 6.07) is 5.53. The fourth-order valence-corrected chi connectivity index (χ4v) is 1.13. The standard InChI is InChI=1S/C9H7N5/c10-4-7-2-1-3-14(7)9-6-12-8(11)5-13-9/h1-3,5-6H,(H2,11,12). The van der Waals surface area contributed by atoms with Crippen molar-refractivity contribution in [2.45, 2.75) is 0 Å². The van der Waals surface area contributed by atoms with Gasteiger partial charge in [-0.3, -0.25) is 4.57 Å². The summed E-state index contributed by atoms with van der Waals surface area (Å²) >= 11 is 0. The molecular weight excluding hydrogens is 178 g/mol. The zero-order valence-corrected chi connectivity index (χ0v) is 7.25. The largest absolute Gasteiger partial charge is 0.382 e. The van der Waals surface area contributed by atoms with E-state index in [1.807, 2.05) is 0 Å². The molecule has 0 saturated heterocycles. The number of aromatic nitrogens is 3. The van der Waals surface area contributed by atoms with Gasteiger partial charge in [0, 0.05) is 6.20 Å². The Morgan fingerprint density at radius 1 is 1.36 bits per heavy atom. The molecule has 0 atom stereocenters. The first-order valence-electron chi connectivity index (χ1n) is 3.96. The van der Waals surface area contributed by atoms with Crippen LogP contribution in [0, 0.1) is 11.3 Å². The van der Waals surface area contributed by atoms with Crippen LogP contribution in [0.25, 0.3) is 5.82 Å². The van der Waals surface area contributed by atoms with E-state index in [0.717, 1.165) is 0 Å². The second-order valence-corrected chi connectivity index (χ2v) is 2.67. The lowest BCUT2D eigenvalue weighted by atomic mass is 10.5. The van der Waals surface area contributed by atoms with Crippen molar-refractivity contribution in [3.63, 3.8) is 0 Å². The summed E-state index contributed by atoms with van der Waals surface area (Å²) in [5, 5.41) is 8.78. The van der Waals surface area contributed by atoms with E-state index < -0.39 is 0 Å². The van der Waals surface area contributed by atoms with E-state index in [2.05, 4.69) is 16.0 Å². The molecule has 68 valence electrons. The molecule has 5 nitrogen and oxygen atoms in total. The van der Waals surface area contributed by atoms with Crippen LogP contribution in [0.5, 0.6) is 0 Å². The minimum atomic E-state index is 0.361. The van der Waals surface area contributed by atoms with Crippen LogP contribution < -0.4 is 5.73 Å². The molecule has 2 aromatic heterocycles. The summed E-state index contributed by atoms with van der Waals surface area (Å²) in [5.74, 6) is 0.945. The Bertz CT molecular complexity index is 477. The molecule has 0 unspecified atom stereocenters. The van der Waals surface area contributed by atoms with E-state index in [4.69, 9.17) is 11.0 Å². The second-order valence-electron chi connectivity index (χ2n) is 2.67. The Morgan fingerprint density at radius 2 is 2.21 bits per heavy atom. The van der Waals surface area contributed by atoms with E-state index in [0.29, 0.717) is 17.3 Å². The van der Waals surface area contributed by atoms with Gasteiger partial charge in [0.05, 0.1) is 12.4 Å². The topological polar surface area (TPSA) is 80.5 Å². The fourth-order valence-electron chi connectivity index (χ4n) is 1.13. The maximum absolute atomic E-state index is 8.78. The summed E-state index contributed by atoms with van der Waals surface area (Å²) in [6.07, 6.45) is 4.73. The molecule has 0 aliphatic carbocycles. The van der Waals surface area contributed by atoms with Crippen LogP contribution >= 0.6 is 0 Å². The second kappa shape index (κ2) is 3.18. The maximum atomic E-state index is 8.78. The van der Waals surface area contributed by atoms with Crippen LogP contribution in [0.4, 0.5) is 5.82 Å². The number of anilines is 1. The van der Waals surface area contributed by atoms with Crippen molar-refractivity contribution in [3.8, 4) is 11.9 Å². The molecule has 2 rings (SSSR count). The molecule has 0 fully saturated rings. The molecule has 0 bridgehead atoms. The highest BCUT2D eigenvalue weighted by atomic mass is 15.1. The maximum Gasteiger partial charge on any atom is 0.156 e. The van der Waals surface area contributed by atoms with Crippen molar-refractivity contribution >= 4 is 5.82 Å². The third-order valence-electron chi connectivity index (χ3n) is 1.77. The molecule has 0 spiro atoms. The number of nitriles is 1. The van der Waals surface area contributed by atoms with Crippen LogP contribution in [0.2, 0.25) is 0 Å². The molecular formula is C9H7N5. The lowest BCUT2D eigenvalue weighted by molar-refractivity contribution is 0.969. The van der Waals surface area contributed by atoms with Gasteiger partial charge in [-0.15, -0.1) is 0 Å². The van der Waals surface area contributed by atoms with Crippen LogP contribution in [0.1, 0.15) is 5.69 Å². The molecule has 5 heteroatoms. The minimum Gasteiger partial charge on any atom is -0.382 e. The van der Waals surface area contributed by atoms with Crippen molar-refractivity contribution in [3.05, 3.63) is 36.4 Å². The first-order valence-corrected chi connectivity index (χ1v) is 3.96. The van der Waals surface area contributed by atoms with Crippen molar-refractivity contribution < 1.29 is 0 Å². The van der Waals surface area contributed by atoms with Gasteiger partial charge in [0.1, 0.15) is 17.6 Å². The van der Waals surface area contributed by atoms with Crippen LogP contribution in [0.15, 0.2) is 30.7 Å². The Kier molecular flexibility index (Phi) is 1.88. The lowest BCUT2D eigenvalue weighted by Crippen LogP contribution is -2.00. The van der Waals surface area contributed by atoms with Gasteiger partial charge < -0.3 is 5.73 Å². The normalized spacial score (nSPS) is 9.64. The van der Waals surface area contributed by atoms with Crippen LogP contribution in [-0.2, 0) is 0 Å². The molecule has 0 aliphatic rings. The highest BCUT2D eigenvalue weighted by Gasteiger charge is 2.02. The Hall–Kier alpha value is -2.35. The van der Waals surface area contributed by atoms with Crippen molar-refractivity contribution in [2.75, 3.05) is 5.73 Å². The molecule has 14 heavy (non-hydrogen) atoms. The Labute approximate surface area is 80.4 Å². The van der Waals surface area contributed by atoms with Crippen LogP contribution in [0.3, 0.4) is 0 Å². The van der Waals surface area contributed by atoms with Gasteiger partial charge in [0.2, 0.25) is 0 Å². The third kappa shape index (κ3) is 1.29. The predicted octanol–water partition coefficient (Wildman–Crippen LogP) is 0.721. The molecule has 0 radical (unpaired) electrons. The summed E-state index contributed by atoms with van der Waals surface area (Å²) in [6.45, 7) is 0. The van der Waals surface area contributed by atoms with Gasteiger partial charge in [-0.25, -0.2) is 9.97 Å². The van der Waals surface area contributed by atoms with Gasteiger partial charge >= 0.3 is 0 Å². The first-order chi connectivity index (χ1) is 6.81. The molecule has 0 aromatic carbocycles. The number of nitrogens with two attached hydrogens (primary N) is 1. The first kappa shape index (κ1) is 8.26. The zero-order valence-electron chi connectivity index (χ0n) is 7.25. The van der Waals surface area contributed by atoms with E-state index >= 15 is 0 Å². The van der Waals surface area contributed by atoms with E-state index in [9.17, 15) is 0 Å². The molecule has 2 N–H and O–H groups in total. The molecule has 0 saturated carbocycles. The summed E-state index contributed by atoms with van der Waals surface area (Å²) < 4.78 is 1.65. The highest BCUT2D eigenvalue weighted by molar-refractivity contribution is 5.34. The summed E-state index contributed by atoms with van der Waals surface area (Å²) in [4.78, 5) is 7.95. The number of rotatable bonds is 1. The molecule has 0 amide bonds. The van der Waals surface area contributed by atoms with E-state index in [1.54, 1.807) is 22.9 Å².